The van der Waals surface area contributed by atoms with Crippen LogP contribution in [0.25, 0.3) is 11.0 Å². The normalized spacial score (nSPS) is 24.7. The van der Waals surface area contributed by atoms with E-state index in [1.807, 2.05) is 31.3 Å². The summed E-state index contributed by atoms with van der Waals surface area (Å²) in [6.07, 6.45) is 9.75. The molecule has 0 unspecified atom stereocenters. The van der Waals surface area contributed by atoms with Crippen LogP contribution >= 0.6 is 0 Å². The predicted octanol–water partition coefficient (Wildman–Crippen LogP) is 8.64. The summed E-state index contributed by atoms with van der Waals surface area (Å²) in [5, 5.41) is 26.8. The van der Waals surface area contributed by atoms with Gasteiger partial charge < -0.3 is 39.6 Å². The second kappa shape index (κ2) is 19.8. The number of nitro groups is 1. The maximum atomic E-state index is 14.7. The molecule has 5 fully saturated rings. The van der Waals surface area contributed by atoms with E-state index in [0.717, 1.165) is 99.1 Å². The highest BCUT2D eigenvalue weighted by molar-refractivity contribution is 7.90. The lowest BCUT2D eigenvalue weighted by Crippen LogP contribution is -2.58. The standard InChI is InChI=1S/C55H69N9O8S/c1-36(2)43-6-4-5-7-44(43)50-35-72-26-24-61(50)41-31-55(32-41)18-22-60(23-19-55)39-8-10-45(47(29-39)63-21-15-40-34-71-27-25-62(40)52-49(63)28-38-14-20-56-51(38)58-52)53(65)59-73(69,70)42-9-11-46(48(30-42)64(67)68)57-33-37-12-16-54(3,66)17-13-37/h4-11,14,20,28-30,36-37,40-41,50,57,66H,12-13,15-19,21-27,31-35H2,1-3H3,(H,56,58)(H,59,65)/t37-,40-,50+,54-/m1/s1. The van der Waals surface area contributed by atoms with Crippen molar-refractivity contribution in [3.05, 3.63) is 106 Å². The molecular weight excluding hydrogens is 947 g/mol. The lowest BCUT2D eigenvalue weighted by Gasteiger charge is -2.57. The van der Waals surface area contributed by atoms with E-state index < -0.39 is 37.0 Å². The van der Waals surface area contributed by atoms with Gasteiger partial charge in [-0.15, -0.1) is 0 Å². The maximum absolute atomic E-state index is 14.7. The van der Waals surface area contributed by atoms with E-state index in [-0.39, 0.29) is 34.7 Å². The first-order chi connectivity index (χ1) is 35.1. The number of hydrogen-bond donors (Lipinski definition) is 4. The molecule has 6 aliphatic rings. The number of aliphatic hydroxyl groups is 1. The fraction of sp³-hybridized carbons (Fsp3) is 0.527. The number of pyridine rings is 1. The molecule has 4 N–H and O–H groups in total. The van der Waals surface area contributed by atoms with Crippen LogP contribution in [0.2, 0.25) is 0 Å². The fourth-order valence-corrected chi connectivity index (χ4v) is 13.8. The van der Waals surface area contributed by atoms with Gasteiger partial charge >= 0.3 is 0 Å². The first-order valence-electron chi connectivity index (χ1n) is 26.4. The molecule has 1 spiro atoms. The van der Waals surface area contributed by atoms with E-state index >= 15 is 0 Å². The summed E-state index contributed by atoms with van der Waals surface area (Å²) in [6, 6.07) is 23.0. The van der Waals surface area contributed by atoms with Gasteiger partial charge in [0.2, 0.25) is 0 Å². The first kappa shape index (κ1) is 49.4. The van der Waals surface area contributed by atoms with E-state index in [2.05, 4.69) is 78.8 Å². The molecule has 1 amide bonds. The number of H-pyrrole nitrogens is 1. The Hall–Kier alpha value is -5.79. The summed E-state index contributed by atoms with van der Waals surface area (Å²) < 4.78 is 42.8. The van der Waals surface area contributed by atoms with E-state index in [1.54, 1.807) is 6.07 Å². The Kier molecular flexibility index (Phi) is 13.4. The van der Waals surface area contributed by atoms with Crippen molar-refractivity contribution in [1.82, 2.24) is 19.6 Å². The topological polar surface area (TPSA) is 199 Å². The third-order valence-corrected chi connectivity index (χ3v) is 18.4. The van der Waals surface area contributed by atoms with Gasteiger partial charge in [-0.1, -0.05) is 38.1 Å². The number of morpholine rings is 2. The number of rotatable bonds is 12. The third-order valence-electron chi connectivity index (χ3n) is 17.1. The summed E-state index contributed by atoms with van der Waals surface area (Å²) in [4.78, 5) is 44.0. The van der Waals surface area contributed by atoms with Crippen molar-refractivity contribution < 1.29 is 32.7 Å². The average Bonchev–Trinajstić information content (AvgIpc) is 3.78. The lowest BCUT2D eigenvalue weighted by molar-refractivity contribution is -0.384. The van der Waals surface area contributed by atoms with Crippen LogP contribution in [0.3, 0.4) is 0 Å². The van der Waals surface area contributed by atoms with Crippen molar-refractivity contribution in [2.24, 2.45) is 11.3 Å². The maximum Gasteiger partial charge on any atom is 0.293 e. The van der Waals surface area contributed by atoms with Gasteiger partial charge in [0.25, 0.3) is 21.6 Å². The molecule has 2 aliphatic carbocycles. The van der Waals surface area contributed by atoms with Gasteiger partial charge in [-0.05, 0) is 136 Å². The number of nitro benzene ring substituents is 1. The molecule has 3 aromatic carbocycles. The minimum Gasteiger partial charge on any atom is -0.390 e. The molecule has 3 saturated heterocycles. The number of ether oxygens (including phenoxy) is 2. The molecule has 11 rings (SSSR count). The highest BCUT2D eigenvalue weighted by Gasteiger charge is 2.50. The average molecular weight is 1020 g/mol. The van der Waals surface area contributed by atoms with Crippen molar-refractivity contribution in [3.8, 4) is 0 Å². The summed E-state index contributed by atoms with van der Waals surface area (Å²) in [6.45, 7) is 13.1. The van der Waals surface area contributed by atoms with Crippen LogP contribution in [0.4, 0.5) is 34.3 Å². The summed E-state index contributed by atoms with van der Waals surface area (Å²) in [5.74, 6) is 0.546. The highest BCUT2D eigenvalue weighted by Crippen LogP contribution is 2.54. The monoisotopic (exact) mass is 1020 g/mol. The number of fused-ring (bicyclic) bond motifs is 4. The summed E-state index contributed by atoms with van der Waals surface area (Å²) in [7, 11) is -4.60. The number of sulfonamides is 1. The molecule has 18 heteroatoms. The fourth-order valence-electron chi connectivity index (χ4n) is 12.8. The Labute approximate surface area is 427 Å². The van der Waals surface area contributed by atoms with Crippen molar-refractivity contribution in [1.29, 1.82) is 0 Å². The van der Waals surface area contributed by atoms with Crippen LogP contribution in [0.1, 0.15) is 112 Å². The molecule has 4 aliphatic heterocycles. The summed E-state index contributed by atoms with van der Waals surface area (Å²) >= 11 is 0. The molecule has 2 atom stereocenters. The molecular formula is C55H69N9O8S. The number of benzene rings is 3. The molecule has 17 nitrogen and oxygen atoms in total. The predicted molar refractivity (Wildman–Crippen MR) is 283 cm³/mol. The van der Waals surface area contributed by atoms with Crippen molar-refractivity contribution >= 4 is 61.2 Å². The number of nitrogens with zero attached hydrogens (tertiary/aromatic N) is 6. The summed E-state index contributed by atoms with van der Waals surface area (Å²) in [5.41, 5.74) is 5.28. The first-order valence-corrected chi connectivity index (χ1v) is 27.9. The van der Waals surface area contributed by atoms with Gasteiger partial charge in [-0.3, -0.25) is 19.8 Å². The number of aromatic nitrogens is 2. The number of aromatic amines is 1. The molecule has 0 radical (unpaired) electrons. The Morgan fingerprint density at radius 1 is 0.904 bits per heavy atom. The molecule has 5 aromatic rings. The van der Waals surface area contributed by atoms with Crippen LogP contribution in [0.15, 0.2) is 83.9 Å². The largest absolute Gasteiger partial charge is 0.390 e. The zero-order valence-electron chi connectivity index (χ0n) is 42.2. The zero-order valence-corrected chi connectivity index (χ0v) is 43.0. The van der Waals surface area contributed by atoms with Gasteiger partial charge in [0.1, 0.15) is 11.3 Å². The minimum atomic E-state index is -4.60. The van der Waals surface area contributed by atoms with Gasteiger partial charge in [-0.25, -0.2) is 18.1 Å². The highest BCUT2D eigenvalue weighted by atomic mass is 32.2. The number of nitrogens with one attached hydrogen (secondary N) is 3. The number of anilines is 5. The second-order valence-electron chi connectivity index (χ2n) is 22.2. The Balaban J connectivity index is 0.864. The van der Waals surface area contributed by atoms with Crippen molar-refractivity contribution in [2.75, 3.05) is 85.7 Å². The van der Waals surface area contributed by atoms with Crippen LogP contribution in [0.5, 0.6) is 0 Å². The van der Waals surface area contributed by atoms with Crippen molar-refractivity contribution in [2.45, 2.75) is 113 Å². The molecule has 2 aromatic heterocycles. The number of carbonyl (C=O) groups is 1. The Morgan fingerprint density at radius 3 is 2.45 bits per heavy atom. The quantitative estimate of drug-likeness (QED) is 0.0684. The number of hydrogen-bond acceptors (Lipinski definition) is 14. The number of amides is 1. The minimum absolute atomic E-state index is 0.0350. The van der Waals surface area contributed by atoms with E-state index in [9.17, 15) is 28.4 Å². The molecule has 6 heterocycles. The number of carbonyl (C=O) groups excluding carboxylic acids is 1. The lowest BCUT2D eigenvalue weighted by atomic mass is 9.59. The smallest absolute Gasteiger partial charge is 0.293 e. The van der Waals surface area contributed by atoms with Crippen LogP contribution in [-0.2, 0) is 19.5 Å². The Bertz CT molecular complexity index is 2970. The molecule has 2 saturated carbocycles. The van der Waals surface area contributed by atoms with Gasteiger partial charge in [-0.2, -0.15) is 0 Å². The van der Waals surface area contributed by atoms with Crippen molar-refractivity contribution in [3.63, 3.8) is 0 Å². The van der Waals surface area contributed by atoms with Crippen LogP contribution in [0, 0.1) is 21.4 Å². The van der Waals surface area contributed by atoms with E-state index in [4.69, 9.17) is 14.5 Å². The second-order valence-corrected chi connectivity index (χ2v) is 23.8. The van der Waals surface area contributed by atoms with Crippen LogP contribution in [-0.4, -0.2) is 123 Å². The molecule has 0 bridgehead atoms. The van der Waals surface area contributed by atoms with Gasteiger partial charge in [0, 0.05) is 68.6 Å². The van der Waals surface area contributed by atoms with Gasteiger partial charge in [0.15, 0.2) is 5.82 Å². The number of piperidine rings is 1. The molecule has 388 valence electrons. The Morgan fingerprint density at radius 2 is 1.67 bits per heavy atom. The van der Waals surface area contributed by atoms with E-state index in [1.165, 1.54) is 23.3 Å². The van der Waals surface area contributed by atoms with Crippen LogP contribution < -0.4 is 24.7 Å². The zero-order chi connectivity index (χ0) is 50.6. The molecule has 73 heavy (non-hydrogen) atoms. The van der Waals surface area contributed by atoms with E-state index in [0.29, 0.717) is 76.4 Å². The SMILES string of the molecule is CC(C)c1ccccc1[C@@H]1COCCN1C1CC2(CCN(c3ccc(C(=O)NS(=O)(=O)c4ccc(NC[C@H]5CC[C@](C)(O)CC5)c([N+](=O)[O-])c4)c(N4CC[C@@H]5COCCN5c5nc6[nH]ccc6cc54)c3)CC2)C1. The third kappa shape index (κ3) is 9.88. The van der Waals surface area contributed by atoms with Gasteiger partial charge in [0.05, 0.1) is 70.9 Å².